The number of H-pyrrole nitrogens is 1. The maximum absolute atomic E-state index is 12.6. The Morgan fingerprint density at radius 3 is 2.75 bits per heavy atom. The highest BCUT2D eigenvalue weighted by Crippen LogP contribution is 2.14. The van der Waals surface area contributed by atoms with E-state index in [0.717, 1.165) is 0 Å². The first kappa shape index (κ1) is 16.4. The Balaban J connectivity index is 2.03. The zero-order valence-electron chi connectivity index (χ0n) is 14.0. The Hall–Kier alpha value is -2.41. The van der Waals surface area contributed by atoms with Crippen LogP contribution in [0.2, 0.25) is 0 Å². The first-order valence-electron chi connectivity index (χ1n) is 8.08. The van der Waals surface area contributed by atoms with Crippen LogP contribution in [0.1, 0.15) is 37.2 Å². The highest BCUT2D eigenvalue weighted by Gasteiger charge is 2.23. The van der Waals surface area contributed by atoms with Gasteiger partial charge in [0.25, 0.3) is 11.5 Å². The molecule has 0 saturated carbocycles. The number of morpholine rings is 1. The molecule has 1 saturated heterocycles. The van der Waals surface area contributed by atoms with Gasteiger partial charge < -0.3 is 14.6 Å². The van der Waals surface area contributed by atoms with E-state index in [0.29, 0.717) is 36.2 Å². The summed E-state index contributed by atoms with van der Waals surface area (Å²) in [6, 6.07) is 4.58. The van der Waals surface area contributed by atoms with Gasteiger partial charge in [0.2, 0.25) is 0 Å². The molecular formula is C17H21N3O4. The second-order valence-corrected chi connectivity index (χ2v) is 6.39. The average molecular weight is 331 g/mol. The van der Waals surface area contributed by atoms with Crippen LogP contribution in [0.4, 0.5) is 0 Å². The Bertz CT molecular complexity index is 897. The second kappa shape index (κ2) is 6.24. The molecule has 0 spiro atoms. The van der Waals surface area contributed by atoms with Gasteiger partial charge in [0.15, 0.2) is 0 Å². The van der Waals surface area contributed by atoms with E-state index in [9.17, 15) is 14.4 Å². The third-order valence-electron chi connectivity index (χ3n) is 4.22. The largest absolute Gasteiger partial charge is 0.375 e. The Morgan fingerprint density at radius 2 is 2.08 bits per heavy atom. The normalized spacial score (nSPS) is 18.3. The monoisotopic (exact) mass is 331 g/mol. The van der Waals surface area contributed by atoms with Crippen LogP contribution in [0, 0.1) is 0 Å². The minimum Gasteiger partial charge on any atom is -0.375 e. The van der Waals surface area contributed by atoms with Crippen molar-refractivity contribution in [3.63, 3.8) is 0 Å². The minimum absolute atomic E-state index is 0.00112. The Labute approximate surface area is 138 Å². The van der Waals surface area contributed by atoms with Crippen LogP contribution in [0.15, 0.2) is 27.8 Å². The molecule has 1 aromatic carbocycles. The third kappa shape index (κ3) is 2.87. The predicted octanol–water partition coefficient (Wildman–Crippen LogP) is 1.13. The summed E-state index contributed by atoms with van der Waals surface area (Å²) < 4.78 is 6.62. The molecule has 1 unspecified atom stereocenters. The number of carbonyl (C=O) groups is 1. The number of ether oxygens (including phenoxy) is 1. The summed E-state index contributed by atoms with van der Waals surface area (Å²) in [5.74, 6) is -0.124. The van der Waals surface area contributed by atoms with Crippen molar-refractivity contribution in [3.05, 3.63) is 44.6 Å². The number of aromatic amines is 1. The molecule has 1 atom stereocenters. The van der Waals surface area contributed by atoms with Gasteiger partial charge in [-0.25, -0.2) is 4.79 Å². The van der Waals surface area contributed by atoms with Crippen molar-refractivity contribution in [1.29, 1.82) is 0 Å². The fourth-order valence-corrected chi connectivity index (χ4v) is 3.02. The highest BCUT2D eigenvalue weighted by molar-refractivity contribution is 5.97. The number of rotatable bonds is 2. The fourth-order valence-electron chi connectivity index (χ4n) is 3.02. The number of fused-ring (bicyclic) bond motifs is 1. The molecule has 24 heavy (non-hydrogen) atoms. The first-order valence-corrected chi connectivity index (χ1v) is 8.08. The average Bonchev–Trinajstić information content (AvgIpc) is 2.53. The second-order valence-electron chi connectivity index (χ2n) is 6.39. The van der Waals surface area contributed by atoms with Crippen molar-refractivity contribution in [3.8, 4) is 0 Å². The van der Waals surface area contributed by atoms with E-state index in [2.05, 4.69) is 4.98 Å². The van der Waals surface area contributed by atoms with Gasteiger partial charge in [-0.2, -0.15) is 0 Å². The molecule has 7 heteroatoms. The number of nitrogens with zero attached hydrogens (tertiary/aromatic N) is 2. The lowest BCUT2D eigenvalue weighted by molar-refractivity contribution is -0.0124. The summed E-state index contributed by atoms with van der Waals surface area (Å²) in [4.78, 5) is 41.6. The van der Waals surface area contributed by atoms with Crippen molar-refractivity contribution < 1.29 is 9.53 Å². The van der Waals surface area contributed by atoms with Gasteiger partial charge in [-0.1, -0.05) is 0 Å². The van der Waals surface area contributed by atoms with Crippen LogP contribution in [0.3, 0.4) is 0 Å². The van der Waals surface area contributed by atoms with Gasteiger partial charge in [0.1, 0.15) is 0 Å². The van der Waals surface area contributed by atoms with E-state index in [4.69, 9.17) is 4.74 Å². The SMILES string of the molecule is CC1CN(C(=O)c2ccc3c(=O)n(C(C)C)c(=O)[nH]c3c2)CCO1. The van der Waals surface area contributed by atoms with E-state index >= 15 is 0 Å². The Kier molecular flexibility index (Phi) is 4.28. The minimum atomic E-state index is -0.466. The van der Waals surface area contributed by atoms with Crippen LogP contribution < -0.4 is 11.2 Å². The summed E-state index contributed by atoms with van der Waals surface area (Å²) in [6.07, 6.45) is 0.00112. The molecule has 2 heterocycles. The zero-order valence-corrected chi connectivity index (χ0v) is 14.0. The topological polar surface area (TPSA) is 84.4 Å². The number of aromatic nitrogens is 2. The summed E-state index contributed by atoms with van der Waals surface area (Å²) >= 11 is 0. The van der Waals surface area contributed by atoms with Crippen molar-refractivity contribution in [2.24, 2.45) is 0 Å². The number of hydrogen-bond donors (Lipinski definition) is 1. The molecule has 0 radical (unpaired) electrons. The Morgan fingerprint density at radius 1 is 1.33 bits per heavy atom. The van der Waals surface area contributed by atoms with E-state index in [1.165, 1.54) is 4.57 Å². The van der Waals surface area contributed by atoms with Gasteiger partial charge in [0, 0.05) is 24.7 Å². The zero-order chi connectivity index (χ0) is 17.4. The molecule has 0 bridgehead atoms. The molecule has 1 fully saturated rings. The van der Waals surface area contributed by atoms with Crippen LogP contribution in [-0.4, -0.2) is 46.2 Å². The molecule has 1 N–H and O–H groups in total. The van der Waals surface area contributed by atoms with Crippen molar-refractivity contribution >= 4 is 16.8 Å². The number of hydrogen-bond acceptors (Lipinski definition) is 4. The molecule has 2 aromatic rings. The van der Waals surface area contributed by atoms with Crippen molar-refractivity contribution in [1.82, 2.24) is 14.5 Å². The lowest BCUT2D eigenvalue weighted by Crippen LogP contribution is -2.44. The van der Waals surface area contributed by atoms with Crippen LogP contribution >= 0.6 is 0 Å². The number of amides is 1. The summed E-state index contributed by atoms with van der Waals surface area (Å²) in [5.41, 5.74) is 0.0258. The molecule has 1 aromatic heterocycles. The molecular weight excluding hydrogens is 310 g/mol. The summed E-state index contributed by atoms with van der Waals surface area (Å²) in [5, 5.41) is 0.398. The summed E-state index contributed by atoms with van der Waals surface area (Å²) in [6.45, 7) is 7.05. The van der Waals surface area contributed by atoms with Crippen molar-refractivity contribution in [2.75, 3.05) is 19.7 Å². The fraction of sp³-hybridized carbons (Fsp3) is 0.471. The van der Waals surface area contributed by atoms with E-state index in [-0.39, 0.29) is 23.6 Å². The van der Waals surface area contributed by atoms with Crippen LogP contribution in [0.5, 0.6) is 0 Å². The van der Waals surface area contributed by atoms with Crippen LogP contribution in [-0.2, 0) is 4.74 Å². The molecule has 1 amide bonds. The maximum atomic E-state index is 12.6. The maximum Gasteiger partial charge on any atom is 0.329 e. The molecule has 1 aliphatic heterocycles. The third-order valence-corrected chi connectivity index (χ3v) is 4.22. The first-order chi connectivity index (χ1) is 11.4. The molecule has 7 nitrogen and oxygen atoms in total. The van der Waals surface area contributed by atoms with Gasteiger partial charge in [0.05, 0.1) is 23.6 Å². The number of benzene rings is 1. The molecule has 1 aliphatic rings. The van der Waals surface area contributed by atoms with Gasteiger partial charge in [-0.15, -0.1) is 0 Å². The smallest absolute Gasteiger partial charge is 0.329 e. The van der Waals surface area contributed by atoms with E-state index < -0.39 is 5.69 Å². The molecule has 3 rings (SSSR count). The summed E-state index contributed by atoms with van der Waals surface area (Å²) in [7, 11) is 0. The lowest BCUT2D eigenvalue weighted by Gasteiger charge is -2.31. The molecule has 0 aliphatic carbocycles. The predicted molar refractivity (Wildman–Crippen MR) is 90.5 cm³/mol. The van der Waals surface area contributed by atoms with Gasteiger partial charge >= 0.3 is 5.69 Å². The number of carbonyl (C=O) groups excluding carboxylic acids is 1. The van der Waals surface area contributed by atoms with Crippen molar-refractivity contribution in [2.45, 2.75) is 32.9 Å². The van der Waals surface area contributed by atoms with Gasteiger partial charge in [-0.05, 0) is 39.0 Å². The molecule has 128 valence electrons. The number of nitrogens with one attached hydrogen (secondary N) is 1. The standard InChI is InChI=1S/C17H21N3O4/c1-10(2)20-16(22)13-5-4-12(8-14(13)18-17(20)23)15(21)19-6-7-24-11(3)9-19/h4-5,8,10-11H,6-7,9H2,1-3H3,(H,18,23). The lowest BCUT2D eigenvalue weighted by atomic mass is 10.1. The highest BCUT2D eigenvalue weighted by atomic mass is 16.5. The van der Waals surface area contributed by atoms with Gasteiger partial charge in [-0.3, -0.25) is 14.2 Å². The van der Waals surface area contributed by atoms with E-state index in [1.54, 1.807) is 36.9 Å². The van der Waals surface area contributed by atoms with Crippen LogP contribution in [0.25, 0.3) is 10.9 Å². The van der Waals surface area contributed by atoms with E-state index in [1.807, 2.05) is 6.92 Å². The quantitative estimate of drug-likeness (QED) is 0.894.